The molecule has 1 saturated carbocycles. The Morgan fingerprint density at radius 1 is 1.26 bits per heavy atom. The third-order valence-corrected chi connectivity index (χ3v) is 4.04. The van der Waals surface area contributed by atoms with Crippen molar-refractivity contribution < 1.29 is 9.59 Å². The van der Waals surface area contributed by atoms with E-state index in [4.69, 9.17) is 5.73 Å². The molecule has 5 nitrogen and oxygen atoms in total. The number of nitrogens with one attached hydrogen (secondary N) is 1. The van der Waals surface area contributed by atoms with E-state index in [1.165, 1.54) is 6.92 Å². The molecule has 2 amide bonds. The number of likely N-dealkylation sites (tertiary alicyclic amines) is 1. The largest absolute Gasteiger partial charge is 0.342 e. The van der Waals surface area contributed by atoms with Gasteiger partial charge in [0.1, 0.15) is 5.54 Å². The minimum absolute atomic E-state index is 0. The molecular formula is C13H24ClN3O2. The molecule has 3 N–H and O–H groups in total. The average Bonchev–Trinajstić information content (AvgIpc) is 2.75. The number of hydrogen-bond donors (Lipinski definition) is 2. The van der Waals surface area contributed by atoms with Gasteiger partial charge in [0, 0.05) is 26.1 Å². The van der Waals surface area contributed by atoms with Crippen molar-refractivity contribution in [3.8, 4) is 0 Å². The van der Waals surface area contributed by atoms with E-state index in [1.54, 1.807) is 0 Å². The number of halogens is 1. The van der Waals surface area contributed by atoms with Crippen molar-refractivity contribution in [2.45, 2.75) is 57.0 Å². The topological polar surface area (TPSA) is 75.4 Å². The molecule has 1 aliphatic carbocycles. The first-order chi connectivity index (χ1) is 8.53. The fourth-order valence-electron chi connectivity index (χ4n) is 3.16. The van der Waals surface area contributed by atoms with Crippen LogP contribution in [0.5, 0.6) is 0 Å². The SMILES string of the molecule is CC(=O)NC1(C(=O)N2CC[C@@H](N)C2)CCCCC1.Cl. The lowest BCUT2D eigenvalue weighted by molar-refractivity contribution is -0.142. The van der Waals surface area contributed by atoms with Crippen LogP contribution in [0.1, 0.15) is 45.4 Å². The van der Waals surface area contributed by atoms with Crippen LogP contribution < -0.4 is 11.1 Å². The van der Waals surface area contributed by atoms with Gasteiger partial charge in [0.25, 0.3) is 0 Å². The first kappa shape index (κ1) is 16.2. The van der Waals surface area contributed by atoms with Crippen molar-refractivity contribution >= 4 is 24.2 Å². The summed E-state index contributed by atoms with van der Waals surface area (Å²) in [5.41, 5.74) is 5.20. The molecule has 2 fully saturated rings. The molecule has 1 heterocycles. The number of carbonyl (C=O) groups is 2. The predicted octanol–water partition coefficient (Wildman–Crippen LogP) is 0.807. The summed E-state index contributed by atoms with van der Waals surface area (Å²) >= 11 is 0. The van der Waals surface area contributed by atoms with Crippen molar-refractivity contribution in [3.63, 3.8) is 0 Å². The van der Waals surface area contributed by atoms with Crippen molar-refractivity contribution in [1.82, 2.24) is 10.2 Å². The normalized spacial score (nSPS) is 25.6. The highest BCUT2D eigenvalue weighted by molar-refractivity contribution is 5.91. The maximum absolute atomic E-state index is 12.7. The van der Waals surface area contributed by atoms with Crippen LogP contribution in [0.3, 0.4) is 0 Å². The summed E-state index contributed by atoms with van der Waals surface area (Å²) in [6, 6.07) is 0.0897. The van der Waals surface area contributed by atoms with Gasteiger partial charge in [-0.15, -0.1) is 12.4 Å². The summed E-state index contributed by atoms with van der Waals surface area (Å²) in [4.78, 5) is 25.9. The second kappa shape index (κ2) is 6.57. The maximum Gasteiger partial charge on any atom is 0.248 e. The van der Waals surface area contributed by atoms with Gasteiger partial charge in [-0.1, -0.05) is 19.3 Å². The molecule has 2 aliphatic rings. The number of hydrogen-bond acceptors (Lipinski definition) is 3. The van der Waals surface area contributed by atoms with Crippen molar-refractivity contribution in [2.75, 3.05) is 13.1 Å². The van der Waals surface area contributed by atoms with Crippen LogP contribution in [0.2, 0.25) is 0 Å². The van der Waals surface area contributed by atoms with Crippen molar-refractivity contribution in [3.05, 3.63) is 0 Å². The molecule has 1 saturated heterocycles. The molecular weight excluding hydrogens is 266 g/mol. The maximum atomic E-state index is 12.7. The van der Waals surface area contributed by atoms with Crippen molar-refractivity contribution in [2.24, 2.45) is 5.73 Å². The van der Waals surface area contributed by atoms with Gasteiger partial charge in [-0.25, -0.2) is 0 Å². The van der Waals surface area contributed by atoms with Gasteiger partial charge in [-0.3, -0.25) is 9.59 Å². The lowest BCUT2D eigenvalue weighted by Crippen LogP contribution is -2.60. The zero-order valence-corrected chi connectivity index (χ0v) is 12.3. The van der Waals surface area contributed by atoms with Gasteiger partial charge in [-0.05, 0) is 19.3 Å². The van der Waals surface area contributed by atoms with E-state index in [-0.39, 0.29) is 30.3 Å². The molecule has 0 unspecified atom stereocenters. The molecule has 0 aromatic heterocycles. The number of nitrogens with two attached hydrogens (primary N) is 1. The zero-order chi connectivity index (χ0) is 13.2. The molecule has 0 aromatic rings. The highest BCUT2D eigenvalue weighted by atomic mass is 35.5. The lowest BCUT2D eigenvalue weighted by atomic mass is 9.80. The van der Waals surface area contributed by atoms with E-state index >= 15 is 0 Å². The van der Waals surface area contributed by atoms with Crippen LogP contribution in [0.4, 0.5) is 0 Å². The third-order valence-electron chi connectivity index (χ3n) is 4.04. The minimum Gasteiger partial charge on any atom is -0.342 e. The third kappa shape index (κ3) is 3.60. The fourth-order valence-corrected chi connectivity index (χ4v) is 3.16. The highest BCUT2D eigenvalue weighted by Crippen LogP contribution is 2.31. The number of carbonyl (C=O) groups excluding carboxylic acids is 2. The average molecular weight is 290 g/mol. The van der Waals surface area contributed by atoms with Crippen molar-refractivity contribution in [1.29, 1.82) is 0 Å². The minimum atomic E-state index is -0.659. The predicted molar refractivity (Wildman–Crippen MR) is 76.1 cm³/mol. The smallest absolute Gasteiger partial charge is 0.248 e. The highest BCUT2D eigenvalue weighted by Gasteiger charge is 2.43. The van der Waals surface area contributed by atoms with Gasteiger partial charge >= 0.3 is 0 Å². The molecule has 0 radical (unpaired) electrons. The van der Waals surface area contributed by atoms with E-state index in [0.717, 1.165) is 45.1 Å². The van der Waals surface area contributed by atoms with E-state index in [0.29, 0.717) is 6.54 Å². The first-order valence-electron chi connectivity index (χ1n) is 6.87. The lowest BCUT2D eigenvalue weighted by Gasteiger charge is -2.39. The molecule has 110 valence electrons. The Morgan fingerprint density at radius 2 is 1.89 bits per heavy atom. The number of nitrogens with zero attached hydrogens (tertiary/aromatic N) is 1. The summed E-state index contributed by atoms with van der Waals surface area (Å²) in [7, 11) is 0. The second-order valence-electron chi connectivity index (χ2n) is 5.62. The standard InChI is InChI=1S/C13H23N3O2.ClH/c1-10(17)15-13(6-3-2-4-7-13)12(18)16-8-5-11(14)9-16;/h11H,2-9,14H2,1H3,(H,15,17);1H/t11-;/m1./s1. The van der Waals surface area contributed by atoms with Crippen LogP contribution in [-0.4, -0.2) is 41.4 Å². The van der Waals surface area contributed by atoms with Gasteiger partial charge in [0.05, 0.1) is 0 Å². The van der Waals surface area contributed by atoms with Gasteiger partial charge in [-0.2, -0.15) is 0 Å². The Labute approximate surface area is 120 Å². The monoisotopic (exact) mass is 289 g/mol. The molecule has 1 atom stereocenters. The van der Waals surface area contributed by atoms with E-state index in [9.17, 15) is 9.59 Å². The molecule has 0 bridgehead atoms. The Hall–Kier alpha value is -0.810. The summed E-state index contributed by atoms with van der Waals surface area (Å²) in [5, 5.41) is 2.92. The summed E-state index contributed by atoms with van der Waals surface area (Å²) in [6.07, 6.45) is 5.54. The molecule has 0 spiro atoms. The number of rotatable bonds is 2. The Balaban J connectivity index is 0.00000180. The summed E-state index contributed by atoms with van der Waals surface area (Å²) in [5.74, 6) is -0.0425. The van der Waals surface area contributed by atoms with E-state index < -0.39 is 5.54 Å². The second-order valence-corrected chi connectivity index (χ2v) is 5.62. The van der Waals surface area contributed by atoms with Gasteiger partial charge in [0.2, 0.25) is 11.8 Å². The van der Waals surface area contributed by atoms with Crippen LogP contribution >= 0.6 is 12.4 Å². The molecule has 0 aromatic carbocycles. The van der Waals surface area contributed by atoms with E-state index in [1.807, 2.05) is 4.90 Å². The Bertz CT molecular complexity index is 343. The van der Waals surface area contributed by atoms with E-state index in [2.05, 4.69) is 5.32 Å². The molecule has 6 heteroatoms. The zero-order valence-electron chi connectivity index (χ0n) is 11.5. The summed E-state index contributed by atoms with van der Waals surface area (Å²) in [6.45, 7) is 2.83. The number of amides is 2. The Morgan fingerprint density at radius 3 is 2.37 bits per heavy atom. The first-order valence-corrected chi connectivity index (χ1v) is 6.87. The molecule has 1 aliphatic heterocycles. The quantitative estimate of drug-likeness (QED) is 0.790. The van der Waals surface area contributed by atoms with Crippen LogP contribution in [0, 0.1) is 0 Å². The molecule has 19 heavy (non-hydrogen) atoms. The van der Waals surface area contributed by atoms with Gasteiger partial charge < -0.3 is 16.0 Å². The van der Waals surface area contributed by atoms with Crippen LogP contribution in [0.25, 0.3) is 0 Å². The molecule has 2 rings (SSSR count). The van der Waals surface area contributed by atoms with Gasteiger partial charge in [0.15, 0.2) is 0 Å². The van der Waals surface area contributed by atoms with Crippen LogP contribution in [0.15, 0.2) is 0 Å². The van der Waals surface area contributed by atoms with Crippen LogP contribution in [-0.2, 0) is 9.59 Å². The summed E-state index contributed by atoms with van der Waals surface area (Å²) < 4.78 is 0. The Kier molecular flexibility index (Phi) is 5.62. The fraction of sp³-hybridized carbons (Fsp3) is 0.846.